The standard InChI is InChI=1S/C19H21F3N4O2.HI/c1-23-19(26(2)11-12-6-4-5-7-15(12)28-3)24-10-16(27)25-14-9-8-13(20)17(21)18(14)22;/h4-9H,10-11H2,1-3H3,(H,23,24)(H,25,27);1H. The van der Waals surface area contributed by atoms with Crippen LogP contribution in [0.1, 0.15) is 5.56 Å². The zero-order valence-electron chi connectivity index (χ0n) is 16.1. The quantitative estimate of drug-likeness (QED) is 0.265. The second-order valence-electron chi connectivity index (χ2n) is 5.84. The number of hydrogen-bond acceptors (Lipinski definition) is 3. The van der Waals surface area contributed by atoms with Gasteiger partial charge in [-0.3, -0.25) is 9.79 Å². The number of methoxy groups -OCH3 is 1. The van der Waals surface area contributed by atoms with Gasteiger partial charge in [0.25, 0.3) is 0 Å². The van der Waals surface area contributed by atoms with Crippen molar-refractivity contribution < 1.29 is 22.7 Å². The third-order valence-electron chi connectivity index (χ3n) is 3.89. The Labute approximate surface area is 184 Å². The van der Waals surface area contributed by atoms with E-state index in [4.69, 9.17) is 4.74 Å². The molecule has 0 radical (unpaired) electrons. The number of amides is 1. The molecule has 0 fully saturated rings. The minimum absolute atomic E-state index is 0. The molecule has 0 atom stereocenters. The number of nitrogens with one attached hydrogen (secondary N) is 2. The lowest BCUT2D eigenvalue weighted by molar-refractivity contribution is -0.115. The van der Waals surface area contributed by atoms with Crippen LogP contribution in [0.25, 0.3) is 0 Å². The van der Waals surface area contributed by atoms with Crippen molar-refractivity contribution in [3.8, 4) is 5.75 Å². The van der Waals surface area contributed by atoms with Gasteiger partial charge < -0.3 is 20.3 Å². The van der Waals surface area contributed by atoms with Crippen molar-refractivity contribution in [1.82, 2.24) is 10.2 Å². The van der Waals surface area contributed by atoms with E-state index in [1.807, 2.05) is 24.3 Å². The van der Waals surface area contributed by atoms with Gasteiger partial charge >= 0.3 is 0 Å². The lowest BCUT2D eigenvalue weighted by atomic mass is 10.2. The molecule has 1 amide bonds. The SMILES string of the molecule is CN=C(NCC(=O)Nc1ccc(F)c(F)c1F)N(C)Cc1ccccc1OC.I. The summed E-state index contributed by atoms with van der Waals surface area (Å²) < 4.78 is 45.1. The van der Waals surface area contributed by atoms with Gasteiger partial charge in [-0.05, 0) is 18.2 Å². The Hall–Kier alpha value is -2.50. The van der Waals surface area contributed by atoms with Crippen molar-refractivity contribution in [2.45, 2.75) is 6.54 Å². The molecule has 0 heterocycles. The number of hydrogen-bond donors (Lipinski definition) is 2. The maximum absolute atomic E-state index is 13.6. The first-order valence-electron chi connectivity index (χ1n) is 8.34. The first-order valence-corrected chi connectivity index (χ1v) is 8.34. The van der Waals surface area contributed by atoms with Crippen LogP contribution in [0.2, 0.25) is 0 Å². The van der Waals surface area contributed by atoms with Gasteiger partial charge in [-0.25, -0.2) is 13.2 Å². The molecule has 0 aliphatic carbocycles. The number of halogens is 4. The molecule has 0 aliphatic heterocycles. The lowest BCUT2D eigenvalue weighted by Crippen LogP contribution is -2.42. The Kier molecular flexibility index (Phi) is 9.72. The van der Waals surface area contributed by atoms with Crippen molar-refractivity contribution in [3.63, 3.8) is 0 Å². The van der Waals surface area contributed by atoms with Crippen LogP contribution in [0.3, 0.4) is 0 Å². The number of aliphatic imine (C=N–C) groups is 1. The van der Waals surface area contributed by atoms with Gasteiger partial charge in [-0.1, -0.05) is 18.2 Å². The molecule has 0 unspecified atom stereocenters. The second-order valence-corrected chi connectivity index (χ2v) is 5.84. The minimum atomic E-state index is -1.64. The van der Waals surface area contributed by atoms with Gasteiger partial charge in [0.2, 0.25) is 5.91 Å². The number of benzene rings is 2. The van der Waals surface area contributed by atoms with Crippen molar-refractivity contribution >= 4 is 41.5 Å². The molecule has 0 aromatic heterocycles. The van der Waals surface area contributed by atoms with E-state index in [0.29, 0.717) is 12.5 Å². The summed E-state index contributed by atoms with van der Waals surface area (Å²) in [6.07, 6.45) is 0. The van der Waals surface area contributed by atoms with Crippen LogP contribution in [-0.4, -0.2) is 44.5 Å². The largest absolute Gasteiger partial charge is 0.496 e. The molecule has 2 aromatic rings. The molecule has 2 aromatic carbocycles. The molecule has 2 N–H and O–H groups in total. The summed E-state index contributed by atoms with van der Waals surface area (Å²) in [5.41, 5.74) is 0.479. The van der Waals surface area contributed by atoms with E-state index >= 15 is 0 Å². The summed E-state index contributed by atoms with van der Waals surface area (Å²) >= 11 is 0. The van der Waals surface area contributed by atoms with E-state index in [2.05, 4.69) is 15.6 Å². The van der Waals surface area contributed by atoms with Crippen molar-refractivity contribution in [2.75, 3.05) is 33.1 Å². The summed E-state index contributed by atoms with van der Waals surface area (Å²) in [4.78, 5) is 17.9. The molecule has 0 bridgehead atoms. The Bertz CT molecular complexity index is 881. The third-order valence-corrected chi connectivity index (χ3v) is 3.89. The fraction of sp³-hybridized carbons (Fsp3) is 0.263. The van der Waals surface area contributed by atoms with Crippen LogP contribution in [0.4, 0.5) is 18.9 Å². The Morgan fingerprint density at radius 3 is 2.48 bits per heavy atom. The third kappa shape index (κ3) is 6.51. The van der Waals surface area contributed by atoms with Crippen LogP contribution in [0.15, 0.2) is 41.4 Å². The monoisotopic (exact) mass is 522 g/mol. The zero-order chi connectivity index (χ0) is 20.7. The van der Waals surface area contributed by atoms with Crippen LogP contribution in [0.5, 0.6) is 5.75 Å². The van der Waals surface area contributed by atoms with E-state index in [9.17, 15) is 18.0 Å². The van der Waals surface area contributed by atoms with E-state index in [1.54, 1.807) is 26.1 Å². The number of carbonyl (C=O) groups is 1. The van der Waals surface area contributed by atoms with Crippen LogP contribution in [0, 0.1) is 17.5 Å². The highest BCUT2D eigenvalue weighted by Crippen LogP contribution is 2.20. The molecule has 0 spiro atoms. The van der Waals surface area contributed by atoms with Gasteiger partial charge in [-0.15, -0.1) is 24.0 Å². The molecule has 0 saturated carbocycles. The number of ether oxygens (including phenoxy) is 1. The van der Waals surface area contributed by atoms with Gasteiger partial charge in [-0.2, -0.15) is 0 Å². The summed E-state index contributed by atoms with van der Waals surface area (Å²) in [6, 6.07) is 9.17. The molecular weight excluding hydrogens is 500 g/mol. The topological polar surface area (TPSA) is 66.0 Å². The summed E-state index contributed by atoms with van der Waals surface area (Å²) in [5.74, 6) is -3.93. The average molecular weight is 522 g/mol. The minimum Gasteiger partial charge on any atom is -0.496 e. The molecule has 158 valence electrons. The van der Waals surface area contributed by atoms with E-state index in [-0.39, 0.29) is 30.5 Å². The fourth-order valence-corrected chi connectivity index (χ4v) is 2.52. The summed E-state index contributed by atoms with van der Waals surface area (Å²) in [6.45, 7) is 0.213. The highest BCUT2D eigenvalue weighted by molar-refractivity contribution is 14.0. The highest BCUT2D eigenvalue weighted by Gasteiger charge is 2.16. The van der Waals surface area contributed by atoms with Gasteiger partial charge in [0.15, 0.2) is 23.4 Å². The molecule has 6 nitrogen and oxygen atoms in total. The molecule has 29 heavy (non-hydrogen) atoms. The summed E-state index contributed by atoms with van der Waals surface area (Å²) in [7, 11) is 4.90. The van der Waals surface area contributed by atoms with Crippen molar-refractivity contribution in [1.29, 1.82) is 0 Å². The van der Waals surface area contributed by atoms with E-state index in [1.165, 1.54) is 0 Å². The molecule has 2 rings (SSSR count). The number of guanidine groups is 1. The Morgan fingerprint density at radius 2 is 1.83 bits per heavy atom. The number of anilines is 1. The van der Waals surface area contributed by atoms with Crippen LogP contribution < -0.4 is 15.4 Å². The van der Waals surface area contributed by atoms with Crippen LogP contribution in [-0.2, 0) is 11.3 Å². The smallest absolute Gasteiger partial charge is 0.243 e. The predicted molar refractivity (Wildman–Crippen MR) is 116 cm³/mol. The Balaban J connectivity index is 0.00000420. The van der Waals surface area contributed by atoms with Gasteiger partial charge in [0.05, 0.1) is 19.3 Å². The number of rotatable bonds is 6. The fourth-order valence-electron chi connectivity index (χ4n) is 2.52. The maximum atomic E-state index is 13.6. The maximum Gasteiger partial charge on any atom is 0.243 e. The van der Waals surface area contributed by atoms with Gasteiger partial charge in [0, 0.05) is 26.2 Å². The number of para-hydroxylation sites is 1. The first-order chi connectivity index (χ1) is 13.4. The van der Waals surface area contributed by atoms with Crippen molar-refractivity contribution in [3.05, 3.63) is 59.4 Å². The normalized spacial score (nSPS) is 10.8. The molecule has 10 heteroatoms. The molecular formula is C19H22F3IN4O2. The number of nitrogens with zero attached hydrogens (tertiary/aromatic N) is 2. The molecule has 0 aliphatic rings. The first kappa shape index (κ1) is 24.5. The van der Waals surface area contributed by atoms with Crippen LogP contribution >= 0.6 is 24.0 Å². The van der Waals surface area contributed by atoms with Crippen molar-refractivity contribution in [2.24, 2.45) is 4.99 Å². The zero-order valence-corrected chi connectivity index (χ0v) is 18.5. The summed E-state index contributed by atoms with van der Waals surface area (Å²) in [5, 5.41) is 5.01. The van der Waals surface area contributed by atoms with E-state index < -0.39 is 29.0 Å². The average Bonchev–Trinajstić information content (AvgIpc) is 2.69. The second kappa shape index (κ2) is 11.5. The highest BCUT2D eigenvalue weighted by atomic mass is 127. The Morgan fingerprint density at radius 1 is 1.14 bits per heavy atom. The lowest BCUT2D eigenvalue weighted by Gasteiger charge is -2.23. The van der Waals surface area contributed by atoms with Gasteiger partial charge in [0.1, 0.15) is 5.75 Å². The number of carbonyl (C=O) groups excluding carboxylic acids is 1. The predicted octanol–water partition coefficient (Wildman–Crippen LogP) is 3.38. The van der Waals surface area contributed by atoms with E-state index in [0.717, 1.165) is 23.4 Å². The molecule has 0 saturated heterocycles.